The van der Waals surface area contributed by atoms with Crippen LogP contribution in [0.1, 0.15) is 18.4 Å². The van der Waals surface area contributed by atoms with Crippen molar-refractivity contribution in [2.24, 2.45) is 0 Å². The van der Waals surface area contributed by atoms with Gasteiger partial charge >= 0.3 is 0 Å². The first kappa shape index (κ1) is 13.2. The molecule has 0 heterocycles. The van der Waals surface area contributed by atoms with Crippen LogP contribution in [0.25, 0.3) is 0 Å². The zero-order valence-electron chi connectivity index (χ0n) is 10.3. The summed E-state index contributed by atoms with van der Waals surface area (Å²) in [6, 6.07) is 3.12. The number of nitrogens with one attached hydrogen (secondary N) is 1. The van der Waals surface area contributed by atoms with Crippen molar-refractivity contribution in [3.8, 4) is 5.75 Å². The summed E-state index contributed by atoms with van der Waals surface area (Å²) in [4.78, 5) is 0. The number of hydrogen-bond acceptors (Lipinski definition) is 3. The van der Waals surface area contributed by atoms with Gasteiger partial charge in [0.15, 0.2) is 17.4 Å². The van der Waals surface area contributed by atoms with E-state index in [2.05, 4.69) is 5.32 Å². The second-order valence-electron chi connectivity index (χ2n) is 4.39. The first-order chi connectivity index (χ1) is 8.70. The molecule has 100 valence electrons. The number of halogens is 2. The molecule has 18 heavy (non-hydrogen) atoms. The van der Waals surface area contributed by atoms with Gasteiger partial charge in [0.1, 0.15) is 6.61 Å². The lowest BCUT2D eigenvalue weighted by atomic mass is 10.2. The summed E-state index contributed by atoms with van der Waals surface area (Å²) in [7, 11) is 1.50. The summed E-state index contributed by atoms with van der Waals surface area (Å²) in [5.41, 5.74) is 0.594. The molecule has 5 heteroatoms. The molecule has 0 atom stereocenters. The second-order valence-corrected chi connectivity index (χ2v) is 4.39. The van der Waals surface area contributed by atoms with E-state index in [0.717, 1.165) is 12.8 Å². The lowest BCUT2D eigenvalue weighted by molar-refractivity contribution is 0.141. The molecule has 2 rings (SSSR count). The summed E-state index contributed by atoms with van der Waals surface area (Å²) in [5, 5.41) is 3.20. The maximum Gasteiger partial charge on any atom is 0.190 e. The van der Waals surface area contributed by atoms with Crippen LogP contribution in [0.3, 0.4) is 0 Å². The Morgan fingerprint density at radius 3 is 2.44 bits per heavy atom. The third kappa shape index (κ3) is 3.65. The predicted molar refractivity (Wildman–Crippen MR) is 63.6 cm³/mol. The summed E-state index contributed by atoms with van der Waals surface area (Å²) >= 11 is 0. The van der Waals surface area contributed by atoms with E-state index in [0.29, 0.717) is 24.8 Å². The topological polar surface area (TPSA) is 30.5 Å². The highest BCUT2D eigenvalue weighted by atomic mass is 19.1. The standard InChI is InChI=1S/C13H17F2NO2/c1-17-4-5-18-13-11(14)6-9(7-12(13)15)8-16-10-2-3-10/h6-7,10,16H,2-5,8H2,1H3. The van der Waals surface area contributed by atoms with Crippen molar-refractivity contribution in [2.75, 3.05) is 20.3 Å². The van der Waals surface area contributed by atoms with Crippen molar-refractivity contribution < 1.29 is 18.3 Å². The highest BCUT2D eigenvalue weighted by Crippen LogP contribution is 2.24. The van der Waals surface area contributed by atoms with E-state index in [4.69, 9.17) is 9.47 Å². The van der Waals surface area contributed by atoms with Gasteiger partial charge in [-0.1, -0.05) is 0 Å². The molecule has 1 N–H and O–H groups in total. The summed E-state index contributed by atoms with van der Waals surface area (Å²) < 4.78 is 37.1. The predicted octanol–water partition coefficient (Wildman–Crippen LogP) is 2.24. The van der Waals surface area contributed by atoms with Crippen molar-refractivity contribution in [2.45, 2.75) is 25.4 Å². The van der Waals surface area contributed by atoms with Gasteiger partial charge in [0.2, 0.25) is 0 Å². The van der Waals surface area contributed by atoms with Crippen LogP contribution in [-0.4, -0.2) is 26.4 Å². The van der Waals surface area contributed by atoms with Crippen molar-refractivity contribution >= 4 is 0 Å². The zero-order valence-corrected chi connectivity index (χ0v) is 10.3. The first-order valence-electron chi connectivity index (χ1n) is 6.03. The van der Waals surface area contributed by atoms with Crippen LogP contribution in [0.15, 0.2) is 12.1 Å². The molecular formula is C13H17F2NO2. The summed E-state index contributed by atoms with van der Waals surface area (Å²) in [6.45, 7) is 0.907. The molecule has 1 aromatic rings. The lowest BCUT2D eigenvalue weighted by Crippen LogP contribution is -2.16. The first-order valence-corrected chi connectivity index (χ1v) is 6.03. The molecule has 0 spiro atoms. The van der Waals surface area contributed by atoms with Crippen molar-refractivity contribution in [3.05, 3.63) is 29.3 Å². The molecule has 3 nitrogen and oxygen atoms in total. The molecule has 0 saturated heterocycles. The minimum atomic E-state index is -0.668. The third-order valence-electron chi connectivity index (χ3n) is 2.76. The van der Waals surface area contributed by atoms with Crippen molar-refractivity contribution in [1.82, 2.24) is 5.32 Å². The average molecular weight is 257 g/mol. The Labute approximate surface area is 105 Å². The Bertz CT molecular complexity index is 385. The largest absolute Gasteiger partial charge is 0.485 e. The smallest absolute Gasteiger partial charge is 0.190 e. The van der Waals surface area contributed by atoms with Gasteiger partial charge in [0.05, 0.1) is 6.61 Å². The van der Waals surface area contributed by atoms with E-state index in [1.54, 1.807) is 0 Å². The van der Waals surface area contributed by atoms with E-state index < -0.39 is 11.6 Å². The minimum Gasteiger partial charge on any atom is -0.485 e. The van der Waals surface area contributed by atoms with Gasteiger partial charge in [0.25, 0.3) is 0 Å². The highest BCUT2D eigenvalue weighted by molar-refractivity contribution is 5.31. The van der Waals surface area contributed by atoms with E-state index in [1.165, 1.54) is 19.2 Å². The molecule has 1 fully saturated rings. The van der Waals surface area contributed by atoms with Crippen molar-refractivity contribution in [1.29, 1.82) is 0 Å². The lowest BCUT2D eigenvalue weighted by Gasteiger charge is -2.10. The van der Waals surface area contributed by atoms with E-state index in [-0.39, 0.29) is 12.4 Å². The molecule has 1 saturated carbocycles. The molecular weight excluding hydrogens is 240 g/mol. The van der Waals surface area contributed by atoms with Gasteiger partial charge in [-0.05, 0) is 30.5 Å². The van der Waals surface area contributed by atoms with Crippen LogP contribution in [0.2, 0.25) is 0 Å². The van der Waals surface area contributed by atoms with Crippen LogP contribution in [0.5, 0.6) is 5.75 Å². The van der Waals surface area contributed by atoms with Gasteiger partial charge in [-0.25, -0.2) is 8.78 Å². The Hall–Kier alpha value is -1.20. The molecule has 0 radical (unpaired) electrons. The van der Waals surface area contributed by atoms with Crippen LogP contribution in [0, 0.1) is 11.6 Å². The van der Waals surface area contributed by atoms with E-state index in [9.17, 15) is 8.78 Å². The fourth-order valence-electron chi connectivity index (χ4n) is 1.63. The second kappa shape index (κ2) is 6.11. The number of methoxy groups -OCH3 is 1. The number of benzene rings is 1. The van der Waals surface area contributed by atoms with Gasteiger partial charge in [-0.15, -0.1) is 0 Å². The monoisotopic (exact) mass is 257 g/mol. The molecule has 0 amide bonds. The molecule has 0 bridgehead atoms. The minimum absolute atomic E-state index is 0.129. The van der Waals surface area contributed by atoms with Gasteiger partial charge in [-0.3, -0.25) is 0 Å². The molecule has 1 aromatic carbocycles. The normalized spacial score (nSPS) is 14.8. The van der Waals surface area contributed by atoms with Gasteiger partial charge in [0, 0.05) is 19.7 Å². The summed E-state index contributed by atoms with van der Waals surface area (Å²) in [6.07, 6.45) is 2.28. The molecule has 1 aliphatic carbocycles. The van der Waals surface area contributed by atoms with E-state index >= 15 is 0 Å². The van der Waals surface area contributed by atoms with E-state index in [1.807, 2.05) is 0 Å². The fraction of sp³-hybridized carbons (Fsp3) is 0.538. The highest BCUT2D eigenvalue weighted by Gasteiger charge is 2.20. The fourth-order valence-corrected chi connectivity index (χ4v) is 1.63. The van der Waals surface area contributed by atoms with Crippen LogP contribution in [-0.2, 0) is 11.3 Å². The molecule has 0 aromatic heterocycles. The van der Waals surface area contributed by atoms with Crippen molar-refractivity contribution in [3.63, 3.8) is 0 Å². The van der Waals surface area contributed by atoms with Crippen LogP contribution >= 0.6 is 0 Å². The van der Waals surface area contributed by atoms with Gasteiger partial charge in [-0.2, -0.15) is 0 Å². The Morgan fingerprint density at radius 2 is 1.89 bits per heavy atom. The number of hydrogen-bond donors (Lipinski definition) is 1. The number of ether oxygens (including phenoxy) is 2. The Morgan fingerprint density at radius 1 is 1.22 bits per heavy atom. The Kier molecular flexibility index (Phi) is 4.49. The third-order valence-corrected chi connectivity index (χ3v) is 2.76. The summed E-state index contributed by atoms with van der Waals surface area (Å²) in [5.74, 6) is -1.67. The molecule has 0 aliphatic heterocycles. The van der Waals surface area contributed by atoms with Crippen LogP contribution < -0.4 is 10.1 Å². The van der Waals surface area contributed by atoms with Gasteiger partial charge < -0.3 is 14.8 Å². The Balaban J connectivity index is 1.97. The number of rotatable bonds is 7. The zero-order chi connectivity index (χ0) is 13.0. The molecule has 0 unspecified atom stereocenters. The quantitative estimate of drug-likeness (QED) is 0.760. The molecule has 1 aliphatic rings. The maximum absolute atomic E-state index is 13.6. The maximum atomic E-state index is 13.6. The SMILES string of the molecule is COCCOc1c(F)cc(CNC2CC2)cc1F. The average Bonchev–Trinajstić information content (AvgIpc) is 3.14. The van der Waals surface area contributed by atoms with Crippen LogP contribution in [0.4, 0.5) is 8.78 Å².